The number of nitrogens with zero attached hydrogens (tertiary/aromatic N) is 4. The van der Waals surface area contributed by atoms with Crippen molar-refractivity contribution in [3.63, 3.8) is 0 Å². The minimum absolute atomic E-state index is 0.0602. The summed E-state index contributed by atoms with van der Waals surface area (Å²) in [6.45, 7) is 1.13. The number of amides is 1. The van der Waals surface area contributed by atoms with Crippen molar-refractivity contribution >= 4 is 28.9 Å². The molecule has 1 aliphatic heterocycles. The molecule has 2 N–H and O–H groups in total. The molecule has 1 amide bonds. The van der Waals surface area contributed by atoms with Gasteiger partial charge in [0.25, 0.3) is 5.91 Å². The number of rotatable bonds is 5. The third-order valence-corrected chi connectivity index (χ3v) is 8.58. The maximum atomic E-state index is 13.1. The third-order valence-electron chi connectivity index (χ3n) is 8.27. The number of aromatic nitrogens is 1. The minimum Gasteiger partial charge on any atom is -0.393 e. The molecule has 7 nitrogen and oxygen atoms in total. The van der Waals surface area contributed by atoms with E-state index in [1.807, 2.05) is 31.3 Å². The second-order valence-electron chi connectivity index (χ2n) is 10.5. The second-order valence-corrected chi connectivity index (χ2v) is 10.9. The zero-order valence-electron chi connectivity index (χ0n) is 21.3. The summed E-state index contributed by atoms with van der Waals surface area (Å²) >= 11 is 6.35. The third kappa shape index (κ3) is 5.37. The van der Waals surface area contributed by atoms with Gasteiger partial charge in [0.15, 0.2) is 0 Å². The van der Waals surface area contributed by atoms with Crippen molar-refractivity contribution < 1.29 is 9.90 Å². The lowest BCUT2D eigenvalue weighted by Gasteiger charge is -2.37. The quantitative estimate of drug-likeness (QED) is 0.587. The van der Waals surface area contributed by atoms with Gasteiger partial charge >= 0.3 is 0 Å². The molecule has 37 heavy (non-hydrogen) atoms. The molecule has 1 saturated heterocycles. The van der Waals surface area contributed by atoms with Gasteiger partial charge in [-0.1, -0.05) is 24.4 Å². The highest BCUT2D eigenvalue weighted by atomic mass is 35.5. The molecule has 2 fully saturated rings. The van der Waals surface area contributed by atoms with E-state index in [0.29, 0.717) is 48.1 Å². The number of anilines is 1. The van der Waals surface area contributed by atoms with Crippen LogP contribution < -0.4 is 5.32 Å². The number of benzene rings is 1. The number of halogens is 1. The van der Waals surface area contributed by atoms with E-state index in [1.165, 1.54) is 25.7 Å². The molecule has 194 valence electrons. The average molecular weight is 520 g/mol. The SMILES string of the molecule is CN=C1c2ccc(C(=O)N3CCC(O)CC3)nc2CC[C@@H]1[C@@H](Nc1ccc(C#N)c(Cl)c1)C1CCCC1. The Bertz CT molecular complexity index is 1230. The fraction of sp³-hybridized carbons (Fsp3) is 0.517. The molecule has 5 rings (SSSR count). The second kappa shape index (κ2) is 11.2. The summed E-state index contributed by atoms with van der Waals surface area (Å²) in [6, 6.07) is 11.7. The predicted molar refractivity (Wildman–Crippen MR) is 145 cm³/mol. The molecule has 8 heteroatoms. The van der Waals surface area contributed by atoms with Crippen LogP contribution in [0.2, 0.25) is 5.02 Å². The number of hydrogen-bond acceptors (Lipinski definition) is 6. The molecule has 2 aromatic rings. The molecule has 2 atom stereocenters. The number of fused-ring (bicyclic) bond motifs is 1. The van der Waals surface area contributed by atoms with Crippen LogP contribution in [0, 0.1) is 23.2 Å². The van der Waals surface area contributed by atoms with Gasteiger partial charge in [-0.15, -0.1) is 0 Å². The average Bonchev–Trinajstić information content (AvgIpc) is 3.46. The maximum Gasteiger partial charge on any atom is 0.272 e. The van der Waals surface area contributed by atoms with Crippen molar-refractivity contribution in [3.05, 3.63) is 57.9 Å². The highest BCUT2D eigenvalue weighted by molar-refractivity contribution is 6.32. The van der Waals surface area contributed by atoms with Crippen LogP contribution in [0.15, 0.2) is 35.3 Å². The van der Waals surface area contributed by atoms with Gasteiger partial charge < -0.3 is 15.3 Å². The summed E-state index contributed by atoms with van der Waals surface area (Å²) in [5, 5.41) is 23.3. The Balaban J connectivity index is 1.40. The Kier molecular flexibility index (Phi) is 7.78. The lowest BCUT2D eigenvalue weighted by atomic mass is 9.75. The number of nitrogens with one attached hydrogen (secondary N) is 1. The van der Waals surface area contributed by atoms with Crippen LogP contribution in [0.5, 0.6) is 0 Å². The van der Waals surface area contributed by atoms with Gasteiger partial charge in [0, 0.05) is 49.1 Å². The van der Waals surface area contributed by atoms with Crippen molar-refractivity contribution in [2.24, 2.45) is 16.8 Å². The summed E-state index contributed by atoms with van der Waals surface area (Å²) in [6.07, 6.45) is 7.43. The number of carbonyl (C=O) groups excluding carboxylic acids is 1. The number of likely N-dealkylation sites (tertiary alicyclic amines) is 1. The largest absolute Gasteiger partial charge is 0.393 e. The summed E-state index contributed by atoms with van der Waals surface area (Å²) in [5.41, 5.74) is 4.88. The maximum absolute atomic E-state index is 13.1. The fourth-order valence-electron chi connectivity index (χ4n) is 6.29. The van der Waals surface area contributed by atoms with Gasteiger partial charge in [-0.05, 0) is 74.8 Å². The number of aryl methyl sites for hydroxylation is 1. The Labute approximate surface area is 223 Å². The van der Waals surface area contributed by atoms with Crippen molar-refractivity contribution in [2.45, 2.75) is 63.5 Å². The topological polar surface area (TPSA) is 102 Å². The van der Waals surface area contributed by atoms with Crippen LogP contribution in [0.4, 0.5) is 5.69 Å². The summed E-state index contributed by atoms with van der Waals surface area (Å²) < 4.78 is 0. The number of piperidine rings is 1. The highest BCUT2D eigenvalue weighted by Crippen LogP contribution is 2.38. The first-order valence-electron chi connectivity index (χ1n) is 13.4. The normalized spacial score (nSPS) is 22.5. The number of aliphatic hydroxyl groups is 1. The number of pyridine rings is 1. The van der Waals surface area contributed by atoms with Gasteiger partial charge in [-0.2, -0.15) is 5.26 Å². The molecule has 1 saturated carbocycles. The summed E-state index contributed by atoms with van der Waals surface area (Å²) in [5.74, 6) is 0.679. The van der Waals surface area contributed by atoms with E-state index >= 15 is 0 Å². The zero-order valence-corrected chi connectivity index (χ0v) is 22.0. The van der Waals surface area contributed by atoms with Gasteiger partial charge in [0.2, 0.25) is 0 Å². The van der Waals surface area contributed by atoms with Gasteiger partial charge in [-0.25, -0.2) is 4.98 Å². The molecule has 1 aromatic carbocycles. The molecule has 0 unspecified atom stereocenters. The molecule has 0 bridgehead atoms. The number of hydrogen-bond donors (Lipinski definition) is 2. The lowest BCUT2D eigenvalue weighted by molar-refractivity contribution is 0.0541. The van der Waals surface area contributed by atoms with Crippen LogP contribution >= 0.6 is 11.6 Å². The molecular weight excluding hydrogens is 486 g/mol. The monoisotopic (exact) mass is 519 g/mol. The first-order valence-corrected chi connectivity index (χ1v) is 13.8. The van der Waals surface area contributed by atoms with Crippen molar-refractivity contribution in [1.82, 2.24) is 9.88 Å². The van der Waals surface area contributed by atoms with Gasteiger partial charge in [0.05, 0.1) is 22.4 Å². The predicted octanol–water partition coefficient (Wildman–Crippen LogP) is 4.86. The Morgan fingerprint density at radius 3 is 2.62 bits per heavy atom. The first-order chi connectivity index (χ1) is 18.0. The Morgan fingerprint density at radius 1 is 1.19 bits per heavy atom. The number of aliphatic hydroxyl groups excluding tert-OH is 1. The number of aliphatic imine (C=N–C) groups is 1. The molecule has 3 aliphatic rings. The summed E-state index contributed by atoms with van der Waals surface area (Å²) in [4.78, 5) is 24.4. The van der Waals surface area contributed by atoms with E-state index in [2.05, 4.69) is 11.4 Å². The highest BCUT2D eigenvalue weighted by Gasteiger charge is 2.38. The van der Waals surface area contributed by atoms with Crippen LogP contribution in [0.3, 0.4) is 0 Å². The summed E-state index contributed by atoms with van der Waals surface area (Å²) in [7, 11) is 1.85. The standard InChI is InChI=1S/C29H34ClN5O2/c1-32-28-22-8-11-26(29(37)35-14-12-21(36)13-15-35)34-25(22)10-9-23(28)27(18-4-2-3-5-18)33-20-7-6-19(17-31)24(30)16-20/h6-8,11,16,18,21,23,27,33,36H,2-5,9-10,12-15H2,1H3/t23-,27+/m1/s1. The van der Waals surface area contributed by atoms with E-state index in [9.17, 15) is 15.2 Å². The Hall–Kier alpha value is -2.95. The molecule has 0 radical (unpaired) electrons. The minimum atomic E-state index is -0.317. The lowest BCUT2D eigenvalue weighted by Crippen LogP contribution is -2.43. The van der Waals surface area contributed by atoms with Crippen molar-refractivity contribution in [2.75, 3.05) is 25.5 Å². The fourth-order valence-corrected chi connectivity index (χ4v) is 6.51. The van der Waals surface area contributed by atoms with Crippen LogP contribution in [-0.4, -0.2) is 58.9 Å². The first kappa shape index (κ1) is 25.7. The smallest absolute Gasteiger partial charge is 0.272 e. The molecule has 2 heterocycles. The van der Waals surface area contributed by atoms with Crippen LogP contribution in [-0.2, 0) is 6.42 Å². The van der Waals surface area contributed by atoms with E-state index in [-0.39, 0.29) is 24.0 Å². The van der Waals surface area contributed by atoms with E-state index in [4.69, 9.17) is 21.6 Å². The van der Waals surface area contributed by atoms with Crippen LogP contribution in [0.1, 0.15) is 72.3 Å². The van der Waals surface area contributed by atoms with Gasteiger partial charge in [-0.3, -0.25) is 9.79 Å². The molecular formula is C29H34ClN5O2. The molecule has 0 spiro atoms. The Morgan fingerprint density at radius 2 is 1.95 bits per heavy atom. The van der Waals surface area contributed by atoms with Crippen molar-refractivity contribution in [1.29, 1.82) is 5.26 Å². The van der Waals surface area contributed by atoms with Gasteiger partial charge in [0.1, 0.15) is 11.8 Å². The molecule has 1 aromatic heterocycles. The van der Waals surface area contributed by atoms with Crippen molar-refractivity contribution in [3.8, 4) is 6.07 Å². The zero-order chi connectivity index (χ0) is 25.9. The van der Waals surface area contributed by atoms with E-state index in [0.717, 1.165) is 35.5 Å². The van der Waals surface area contributed by atoms with Crippen LogP contribution in [0.25, 0.3) is 0 Å². The van der Waals surface area contributed by atoms with E-state index in [1.54, 1.807) is 11.0 Å². The molecule has 2 aliphatic carbocycles. The number of carbonyl (C=O) groups is 1. The number of nitriles is 1. The van der Waals surface area contributed by atoms with E-state index < -0.39 is 0 Å².